The molecule has 0 unspecified atom stereocenters. The molecule has 0 aromatic heterocycles. The van der Waals surface area contributed by atoms with Crippen LogP contribution in [-0.4, -0.2) is 24.0 Å². The minimum absolute atomic E-state index is 0.125. The number of hydrogen-bond donors (Lipinski definition) is 2. The molecule has 0 spiro atoms. The Kier molecular flexibility index (Phi) is 8.35. The van der Waals surface area contributed by atoms with Gasteiger partial charge in [-0.1, -0.05) is 59.6 Å². The first kappa shape index (κ1) is 23.7. The number of carbonyl (C=O) groups is 3. The van der Waals surface area contributed by atoms with Crippen molar-refractivity contribution >= 4 is 59.0 Å². The summed E-state index contributed by atoms with van der Waals surface area (Å²) in [5, 5.41) is 6.45. The molecule has 0 radical (unpaired) electrons. The zero-order valence-electron chi connectivity index (χ0n) is 17.0. The average molecular weight is 482 g/mol. The summed E-state index contributed by atoms with van der Waals surface area (Å²) in [7, 11) is 0. The summed E-state index contributed by atoms with van der Waals surface area (Å²) in [6.45, 7) is 0. The van der Waals surface area contributed by atoms with Gasteiger partial charge in [-0.3, -0.25) is 9.59 Å². The second-order valence-corrected chi connectivity index (χ2v) is 7.27. The first-order valence-corrected chi connectivity index (χ1v) is 10.3. The van der Waals surface area contributed by atoms with Gasteiger partial charge in [-0.15, -0.1) is 0 Å². The fraction of sp³-hybridized carbons (Fsp3) is 0. The maximum atomic E-state index is 12.0. The van der Waals surface area contributed by atoms with E-state index in [0.717, 1.165) is 5.56 Å². The number of rotatable bonds is 6. The fourth-order valence-electron chi connectivity index (χ4n) is 2.50. The van der Waals surface area contributed by atoms with Gasteiger partial charge in [-0.05, 0) is 53.6 Å². The van der Waals surface area contributed by atoms with Gasteiger partial charge >= 0.3 is 17.8 Å². The van der Waals surface area contributed by atoms with Crippen molar-refractivity contribution in [1.29, 1.82) is 0 Å². The van der Waals surface area contributed by atoms with Crippen LogP contribution in [0.25, 0.3) is 6.08 Å². The SMILES string of the molecule is O=C(/C=C/c1ccccc1)Oc1ccc(/C=N/NC(=O)C(=O)Nc2cccc(Cl)c2Cl)cc1. The Hall–Kier alpha value is -3.94. The third-order valence-electron chi connectivity index (χ3n) is 4.10. The van der Waals surface area contributed by atoms with Crippen molar-refractivity contribution in [1.82, 2.24) is 5.43 Å². The minimum atomic E-state index is -0.988. The number of anilines is 1. The fourth-order valence-corrected chi connectivity index (χ4v) is 2.84. The van der Waals surface area contributed by atoms with Crippen molar-refractivity contribution in [2.75, 3.05) is 5.32 Å². The predicted molar refractivity (Wildman–Crippen MR) is 128 cm³/mol. The number of nitrogens with zero attached hydrogens (tertiary/aromatic N) is 1. The normalized spacial score (nSPS) is 10.8. The van der Waals surface area contributed by atoms with Crippen molar-refractivity contribution in [3.05, 3.63) is 100 Å². The van der Waals surface area contributed by atoms with Gasteiger partial charge < -0.3 is 10.1 Å². The number of nitrogens with one attached hydrogen (secondary N) is 2. The van der Waals surface area contributed by atoms with Crippen LogP contribution in [0.5, 0.6) is 5.75 Å². The summed E-state index contributed by atoms with van der Waals surface area (Å²) in [6.07, 6.45) is 4.32. The highest BCUT2D eigenvalue weighted by Crippen LogP contribution is 2.29. The van der Waals surface area contributed by atoms with Gasteiger partial charge in [0.1, 0.15) is 5.75 Å². The van der Waals surface area contributed by atoms with Gasteiger partial charge in [-0.25, -0.2) is 10.2 Å². The number of ether oxygens (including phenoxy) is 1. The van der Waals surface area contributed by atoms with Gasteiger partial charge in [0.25, 0.3) is 0 Å². The summed E-state index contributed by atoms with van der Waals surface area (Å²) in [6, 6.07) is 20.4. The zero-order chi connectivity index (χ0) is 23.6. The molecule has 3 aromatic carbocycles. The van der Waals surface area contributed by atoms with Crippen molar-refractivity contribution < 1.29 is 19.1 Å². The Balaban J connectivity index is 1.49. The first-order chi connectivity index (χ1) is 15.9. The van der Waals surface area contributed by atoms with E-state index < -0.39 is 17.8 Å². The second-order valence-electron chi connectivity index (χ2n) is 6.49. The lowest BCUT2D eigenvalue weighted by atomic mass is 10.2. The van der Waals surface area contributed by atoms with E-state index in [1.807, 2.05) is 30.3 Å². The Bertz CT molecular complexity index is 1210. The standard InChI is InChI=1S/C24H17Cl2N3O4/c25-19-7-4-8-20(22(19)26)28-23(31)24(32)29-27-15-17-9-12-18(13-10-17)33-21(30)14-11-16-5-2-1-3-6-16/h1-15H,(H,28,31)(H,29,32)/b14-11+,27-15+. The molecule has 0 heterocycles. The summed E-state index contributed by atoms with van der Waals surface area (Å²) in [5.41, 5.74) is 3.80. The van der Waals surface area contributed by atoms with Crippen molar-refractivity contribution in [3.8, 4) is 5.75 Å². The van der Waals surface area contributed by atoms with Gasteiger partial charge in [0.2, 0.25) is 0 Å². The number of carbonyl (C=O) groups excluding carboxylic acids is 3. The van der Waals surface area contributed by atoms with Gasteiger partial charge in [0.15, 0.2) is 0 Å². The number of hydrogen-bond acceptors (Lipinski definition) is 5. The zero-order valence-corrected chi connectivity index (χ0v) is 18.5. The molecule has 2 N–H and O–H groups in total. The van der Waals surface area contributed by atoms with E-state index in [-0.39, 0.29) is 15.7 Å². The van der Waals surface area contributed by atoms with E-state index in [2.05, 4.69) is 15.8 Å². The van der Waals surface area contributed by atoms with Crippen LogP contribution in [0.4, 0.5) is 5.69 Å². The van der Waals surface area contributed by atoms with Crippen LogP contribution in [0.3, 0.4) is 0 Å². The first-order valence-electron chi connectivity index (χ1n) is 9.56. The summed E-state index contributed by atoms with van der Waals surface area (Å²) in [5.74, 6) is -2.12. The highest BCUT2D eigenvalue weighted by Gasteiger charge is 2.15. The Morgan fingerprint density at radius 3 is 2.27 bits per heavy atom. The Morgan fingerprint density at radius 1 is 0.818 bits per heavy atom. The lowest BCUT2D eigenvalue weighted by molar-refractivity contribution is -0.136. The van der Waals surface area contributed by atoms with Gasteiger partial charge in [0, 0.05) is 6.08 Å². The Morgan fingerprint density at radius 2 is 1.55 bits per heavy atom. The van der Waals surface area contributed by atoms with Gasteiger partial charge in [-0.2, -0.15) is 5.10 Å². The van der Waals surface area contributed by atoms with Crippen LogP contribution in [0.15, 0.2) is 84.0 Å². The highest BCUT2D eigenvalue weighted by atomic mass is 35.5. The van der Waals surface area contributed by atoms with E-state index in [9.17, 15) is 14.4 Å². The molecule has 0 atom stereocenters. The van der Waals surface area contributed by atoms with Crippen LogP contribution in [-0.2, 0) is 14.4 Å². The largest absolute Gasteiger partial charge is 0.423 e. The lowest BCUT2D eigenvalue weighted by Crippen LogP contribution is -2.32. The maximum Gasteiger partial charge on any atom is 0.336 e. The molecule has 0 saturated carbocycles. The third kappa shape index (κ3) is 7.31. The van der Waals surface area contributed by atoms with Crippen LogP contribution in [0.1, 0.15) is 11.1 Å². The molecule has 2 amide bonds. The van der Waals surface area contributed by atoms with Crippen LogP contribution < -0.4 is 15.5 Å². The molecule has 0 aliphatic rings. The summed E-state index contributed by atoms with van der Waals surface area (Å²) in [4.78, 5) is 35.8. The number of benzene rings is 3. The van der Waals surface area contributed by atoms with E-state index in [4.69, 9.17) is 27.9 Å². The Labute approximate surface area is 199 Å². The molecule has 0 fully saturated rings. The van der Waals surface area contributed by atoms with Crippen molar-refractivity contribution in [3.63, 3.8) is 0 Å². The molecular weight excluding hydrogens is 465 g/mol. The van der Waals surface area contributed by atoms with Crippen molar-refractivity contribution in [2.45, 2.75) is 0 Å². The molecule has 0 aliphatic heterocycles. The molecule has 3 aromatic rings. The number of halogens is 2. The summed E-state index contributed by atoms with van der Waals surface area (Å²) >= 11 is 11.8. The van der Waals surface area contributed by atoms with Gasteiger partial charge in [0.05, 0.1) is 21.9 Å². The van der Waals surface area contributed by atoms with Crippen LogP contribution in [0.2, 0.25) is 10.0 Å². The summed E-state index contributed by atoms with van der Waals surface area (Å²) < 4.78 is 5.23. The molecule has 3 rings (SSSR count). The van der Waals surface area contributed by atoms with E-state index in [1.165, 1.54) is 18.4 Å². The smallest absolute Gasteiger partial charge is 0.336 e. The predicted octanol–water partition coefficient (Wildman–Crippen LogP) is 4.70. The van der Waals surface area contributed by atoms with E-state index in [0.29, 0.717) is 11.3 Å². The van der Waals surface area contributed by atoms with Crippen LogP contribution >= 0.6 is 23.2 Å². The molecule has 166 valence electrons. The number of amides is 2. The number of hydrazone groups is 1. The molecule has 0 bridgehead atoms. The average Bonchev–Trinajstić information content (AvgIpc) is 2.82. The number of esters is 1. The highest BCUT2D eigenvalue weighted by molar-refractivity contribution is 6.45. The van der Waals surface area contributed by atoms with Crippen molar-refractivity contribution in [2.24, 2.45) is 5.10 Å². The minimum Gasteiger partial charge on any atom is -0.423 e. The topological polar surface area (TPSA) is 96.9 Å². The molecule has 33 heavy (non-hydrogen) atoms. The maximum absolute atomic E-state index is 12.0. The molecule has 0 saturated heterocycles. The monoisotopic (exact) mass is 481 g/mol. The second kappa shape index (κ2) is 11.6. The lowest BCUT2D eigenvalue weighted by Gasteiger charge is -2.06. The molecular formula is C24H17Cl2N3O4. The molecule has 0 aliphatic carbocycles. The molecule has 7 nitrogen and oxygen atoms in total. The van der Waals surface area contributed by atoms with Crippen LogP contribution in [0, 0.1) is 0 Å². The quantitative estimate of drug-likeness (QED) is 0.133. The van der Waals surface area contributed by atoms with E-state index >= 15 is 0 Å². The van der Waals surface area contributed by atoms with E-state index in [1.54, 1.807) is 42.5 Å². The third-order valence-corrected chi connectivity index (χ3v) is 4.91. The molecule has 9 heteroatoms.